The number of nitrogens with one attached hydrogen (secondary N) is 1. The maximum Gasteiger partial charge on any atom is 0.247 e. The van der Waals surface area contributed by atoms with Crippen LogP contribution >= 0.6 is 0 Å². The third-order valence-electron chi connectivity index (χ3n) is 4.62. The van der Waals surface area contributed by atoms with Gasteiger partial charge in [0.05, 0.1) is 12.5 Å². The number of hydrogen-bond donors (Lipinski definition) is 2. The first kappa shape index (κ1) is 21.6. The van der Waals surface area contributed by atoms with E-state index < -0.39 is 18.6 Å². The topological polar surface area (TPSA) is 69.6 Å². The summed E-state index contributed by atoms with van der Waals surface area (Å²) in [7, 11) is 0. The van der Waals surface area contributed by atoms with Gasteiger partial charge < -0.3 is 15.3 Å². The van der Waals surface area contributed by atoms with Gasteiger partial charge in [0.25, 0.3) is 0 Å². The van der Waals surface area contributed by atoms with E-state index in [1.54, 1.807) is 4.90 Å². The summed E-state index contributed by atoms with van der Waals surface area (Å²) < 4.78 is 0. The minimum absolute atomic E-state index is 0.237. The van der Waals surface area contributed by atoms with Crippen molar-refractivity contribution in [3.63, 3.8) is 0 Å². The van der Waals surface area contributed by atoms with E-state index in [0.717, 1.165) is 24.0 Å². The van der Waals surface area contributed by atoms with Gasteiger partial charge in [-0.05, 0) is 24.0 Å². The lowest BCUT2D eigenvalue weighted by molar-refractivity contribution is -0.137. The average molecular weight is 383 g/mol. The molecule has 0 spiro atoms. The molecule has 2 rings (SSSR count). The van der Waals surface area contributed by atoms with Crippen LogP contribution in [0.2, 0.25) is 0 Å². The summed E-state index contributed by atoms with van der Waals surface area (Å²) in [6.07, 6.45) is 1.66. The molecule has 0 saturated heterocycles. The van der Waals surface area contributed by atoms with Gasteiger partial charge in [-0.1, -0.05) is 74.5 Å². The number of rotatable bonds is 10. The van der Waals surface area contributed by atoms with Crippen LogP contribution in [0.1, 0.15) is 43.7 Å². The third-order valence-corrected chi connectivity index (χ3v) is 4.62. The van der Waals surface area contributed by atoms with Crippen LogP contribution in [0.3, 0.4) is 0 Å². The van der Waals surface area contributed by atoms with E-state index in [4.69, 9.17) is 0 Å². The first-order valence-corrected chi connectivity index (χ1v) is 9.92. The zero-order chi connectivity index (χ0) is 20.4. The standard InChI is InChI=1S/C23H30N2O3/c1-3-15-25(16-4-2)23(28)20(17-26)24-22(27)21(18-11-7-5-8-12-18)19-13-9-6-10-14-19/h5-14,20-21,26H,3-4,15-17H2,1-2H3,(H,24,27)/t20-/m0/s1. The summed E-state index contributed by atoms with van der Waals surface area (Å²) in [5.74, 6) is -1.08. The maximum atomic E-state index is 13.2. The fourth-order valence-electron chi connectivity index (χ4n) is 3.32. The van der Waals surface area contributed by atoms with Gasteiger partial charge in [0, 0.05) is 13.1 Å². The molecule has 0 unspecified atom stereocenters. The number of aliphatic hydroxyl groups excluding tert-OH is 1. The Morgan fingerprint density at radius 1 is 0.893 bits per heavy atom. The van der Waals surface area contributed by atoms with Crippen molar-refractivity contribution >= 4 is 11.8 Å². The van der Waals surface area contributed by atoms with Crippen LogP contribution in [0.15, 0.2) is 60.7 Å². The monoisotopic (exact) mass is 382 g/mol. The van der Waals surface area contributed by atoms with Crippen LogP contribution in [-0.2, 0) is 9.59 Å². The molecular formula is C23H30N2O3. The van der Waals surface area contributed by atoms with Crippen LogP contribution in [0.5, 0.6) is 0 Å². The number of nitrogens with zero attached hydrogens (tertiary/aromatic N) is 1. The fraction of sp³-hybridized carbons (Fsp3) is 0.391. The van der Waals surface area contributed by atoms with E-state index in [1.807, 2.05) is 74.5 Å². The molecule has 2 aromatic rings. The van der Waals surface area contributed by atoms with Crippen molar-refractivity contribution in [2.24, 2.45) is 0 Å². The number of amides is 2. The van der Waals surface area contributed by atoms with Crippen LogP contribution in [-0.4, -0.2) is 47.6 Å². The largest absolute Gasteiger partial charge is 0.394 e. The van der Waals surface area contributed by atoms with E-state index in [2.05, 4.69) is 5.32 Å². The molecule has 0 aromatic heterocycles. The summed E-state index contributed by atoms with van der Waals surface area (Å²) in [6, 6.07) is 18.0. The molecule has 2 aromatic carbocycles. The lowest BCUT2D eigenvalue weighted by atomic mass is 9.90. The van der Waals surface area contributed by atoms with Crippen molar-refractivity contribution in [2.45, 2.75) is 38.6 Å². The number of benzene rings is 2. The Balaban J connectivity index is 2.25. The van der Waals surface area contributed by atoms with E-state index in [1.165, 1.54) is 0 Å². The highest BCUT2D eigenvalue weighted by Crippen LogP contribution is 2.25. The fourth-order valence-corrected chi connectivity index (χ4v) is 3.32. The summed E-state index contributed by atoms with van der Waals surface area (Å²) in [5.41, 5.74) is 1.68. The van der Waals surface area contributed by atoms with Gasteiger partial charge in [-0.2, -0.15) is 0 Å². The summed E-state index contributed by atoms with van der Waals surface area (Å²) in [4.78, 5) is 27.7. The molecular weight excluding hydrogens is 352 g/mol. The molecule has 150 valence electrons. The smallest absolute Gasteiger partial charge is 0.247 e. The Bertz CT molecular complexity index is 689. The molecule has 1 atom stereocenters. The quantitative estimate of drug-likeness (QED) is 0.664. The molecule has 0 fully saturated rings. The van der Waals surface area contributed by atoms with Gasteiger partial charge >= 0.3 is 0 Å². The van der Waals surface area contributed by atoms with E-state index in [0.29, 0.717) is 13.1 Å². The highest BCUT2D eigenvalue weighted by molar-refractivity contribution is 5.92. The summed E-state index contributed by atoms with van der Waals surface area (Å²) in [5, 5.41) is 12.6. The number of hydrogen-bond acceptors (Lipinski definition) is 3. The van der Waals surface area contributed by atoms with E-state index in [-0.39, 0.29) is 11.8 Å². The van der Waals surface area contributed by atoms with Crippen LogP contribution in [0, 0.1) is 0 Å². The summed E-state index contributed by atoms with van der Waals surface area (Å²) in [6.45, 7) is 4.80. The molecule has 0 aliphatic rings. The molecule has 0 radical (unpaired) electrons. The zero-order valence-corrected chi connectivity index (χ0v) is 16.7. The Labute approximate surface area is 167 Å². The van der Waals surface area contributed by atoms with Crippen molar-refractivity contribution in [3.05, 3.63) is 71.8 Å². The molecule has 28 heavy (non-hydrogen) atoms. The second-order valence-electron chi connectivity index (χ2n) is 6.82. The molecule has 0 heterocycles. The van der Waals surface area contributed by atoms with Crippen molar-refractivity contribution in [1.29, 1.82) is 0 Å². The van der Waals surface area contributed by atoms with Crippen molar-refractivity contribution in [3.8, 4) is 0 Å². The zero-order valence-electron chi connectivity index (χ0n) is 16.7. The van der Waals surface area contributed by atoms with Crippen LogP contribution < -0.4 is 5.32 Å². The minimum Gasteiger partial charge on any atom is -0.394 e. The maximum absolute atomic E-state index is 13.2. The molecule has 0 saturated carbocycles. The first-order valence-electron chi connectivity index (χ1n) is 9.92. The van der Waals surface area contributed by atoms with E-state index in [9.17, 15) is 14.7 Å². The SMILES string of the molecule is CCCN(CCC)C(=O)[C@H](CO)NC(=O)C(c1ccccc1)c1ccccc1. The van der Waals surface area contributed by atoms with Gasteiger partial charge in [0.1, 0.15) is 6.04 Å². The van der Waals surface area contributed by atoms with Gasteiger partial charge in [-0.25, -0.2) is 0 Å². The van der Waals surface area contributed by atoms with Gasteiger partial charge in [0.15, 0.2) is 0 Å². The molecule has 2 N–H and O–H groups in total. The predicted octanol–water partition coefficient (Wildman–Crippen LogP) is 2.94. The Kier molecular flexibility index (Phi) is 8.69. The third kappa shape index (κ3) is 5.67. The van der Waals surface area contributed by atoms with Gasteiger partial charge in [-0.3, -0.25) is 9.59 Å². The highest BCUT2D eigenvalue weighted by atomic mass is 16.3. The second-order valence-corrected chi connectivity index (χ2v) is 6.82. The average Bonchev–Trinajstić information content (AvgIpc) is 2.73. The van der Waals surface area contributed by atoms with Gasteiger partial charge in [-0.15, -0.1) is 0 Å². The minimum atomic E-state index is -0.944. The Morgan fingerprint density at radius 2 is 1.36 bits per heavy atom. The molecule has 0 bridgehead atoms. The summed E-state index contributed by atoms with van der Waals surface area (Å²) >= 11 is 0. The number of carbonyl (C=O) groups excluding carboxylic acids is 2. The predicted molar refractivity (Wildman–Crippen MR) is 111 cm³/mol. The number of aliphatic hydroxyl groups is 1. The lowest BCUT2D eigenvalue weighted by Crippen LogP contribution is -2.52. The van der Waals surface area contributed by atoms with Crippen molar-refractivity contribution in [1.82, 2.24) is 10.2 Å². The molecule has 5 nitrogen and oxygen atoms in total. The highest BCUT2D eigenvalue weighted by Gasteiger charge is 2.29. The van der Waals surface area contributed by atoms with Crippen LogP contribution in [0.4, 0.5) is 0 Å². The molecule has 2 amide bonds. The normalized spacial score (nSPS) is 11.9. The van der Waals surface area contributed by atoms with E-state index >= 15 is 0 Å². The van der Waals surface area contributed by atoms with Crippen LogP contribution in [0.25, 0.3) is 0 Å². The van der Waals surface area contributed by atoms with Crippen molar-refractivity contribution < 1.29 is 14.7 Å². The second kappa shape index (κ2) is 11.2. The molecule has 0 aliphatic heterocycles. The molecule has 0 aliphatic carbocycles. The Morgan fingerprint density at radius 3 is 1.75 bits per heavy atom. The first-order chi connectivity index (χ1) is 13.6. The molecule has 5 heteroatoms. The lowest BCUT2D eigenvalue weighted by Gasteiger charge is -2.28. The number of carbonyl (C=O) groups is 2. The van der Waals surface area contributed by atoms with Crippen molar-refractivity contribution in [2.75, 3.05) is 19.7 Å². The van der Waals surface area contributed by atoms with Gasteiger partial charge in [0.2, 0.25) is 11.8 Å². The Hall–Kier alpha value is -2.66.